The maximum atomic E-state index is 14.1. The summed E-state index contributed by atoms with van der Waals surface area (Å²) in [5, 5.41) is 0. The van der Waals surface area contributed by atoms with Crippen molar-refractivity contribution >= 4 is 0 Å². The summed E-state index contributed by atoms with van der Waals surface area (Å²) < 4.78 is 19.6. The molecule has 0 bridgehead atoms. The van der Waals surface area contributed by atoms with Crippen LogP contribution in [0.3, 0.4) is 0 Å². The van der Waals surface area contributed by atoms with Crippen LogP contribution in [0.25, 0.3) is 0 Å². The van der Waals surface area contributed by atoms with E-state index in [1.165, 1.54) is 6.07 Å². The monoisotopic (exact) mass is 251 g/mol. The number of hydroxylamine groups is 1. The van der Waals surface area contributed by atoms with E-state index >= 15 is 0 Å². The van der Waals surface area contributed by atoms with E-state index < -0.39 is 5.54 Å². The van der Waals surface area contributed by atoms with Gasteiger partial charge in [0.2, 0.25) is 0 Å². The molecule has 1 aliphatic heterocycles. The van der Waals surface area contributed by atoms with Crippen molar-refractivity contribution in [3.63, 3.8) is 0 Å². The van der Waals surface area contributed by atoms with Crippen LogP contribution >= 0.6 is 0 Å². The van der Waals surface area contributed by atoms with Gasteiger partial charge in [-0.3, -0.25) is 0 Å². The lowest BCUT2D eigenvalue weighted by atomic mass is 9.69. The molecule has 3 atom stereocenters. The quantitative estimate of drug-likeness (QED) is 0.875. The summed E-state index contributed by atoms with van der Waals surface area (Å²) in [5.74, 6) is 0.151. The molecule has 1 saturated heterocycles. The van der Waals surface area contributed by atoms with Crippen LogP contribution in [0.5, 0.6) is 0 Å². The second kappa shape index (κ2) is 4.61. The zero-order valence-corrected chi connectivity index (χ0v) is 10.5. The van der Waals surface area contributed by atoms with Crippen molar-refractivity contribution in [1.29, 1.82) is 0 Å². The van der Waals surface area contributed by atoms with Crippen LogP contribution in [0, 0.1) is 11.7 Å². The van der Waals surface area contributed by atoms with E-state index in [1.54, 1.807) is 13.2 Å². The van der Waals surface area contributed by atoms with Crippen molar-refractivity contribution in [2.45, 2.75) is 30.9 Å². The van der Waals surface area contributed by atoms with Gasteiger partial charge in [-0.05, 0) is 25.3 Å². The summed E-state index contributed by atoms with van der Waals surface area (Å²) in [4.78, 5) is 5.42. The molecule has 0 radical (unpaired) electrons. The Balaban J connectivity index is 2.01. The third-order valence-corrected chi connectivity index (χ3v) is 4.31. The zero-order valence-electron chi connectivity index (χ0n) is 10.5. The summed E-state index contributed by atoms with van der Waals surface area (Å²) in [6, 6.07) is 6.96. The normalized spacial score (nSPS) is 35.4. The number of halogens is 1. The van der Waals surface area contributed by atoms with Crippen LogP contribution in [-0.4, -0.2) is 19.8 Å². The highest BCUT2D eigenvalue weighted by molar-refractivity contribution is 5.29. The highest BCUT2D eigenvalue weighted by Crippen LogP contribution is 2.46. The smallest absolute Gasteiger partial charge is 0.128 e. The maximum absolute atomic E-state index is 14.1. The number of fused-ring (bicyclic) bond motifs is 1. The zero-order chi connectivity index (χ0) is 12.6. The number of rotatable bonds is 2. The van der Waals surface area contributed by atoms with Gasteiger partial charge in [-0.25, -0.2) is 4.39 Å². The average molecular weight is 251 g/mol. The first-order valence-corrected chi connectivity index (χ1v) is 6.43. The largest absolute Gasteiger partial charge is 0.381 e. The minimum absolute atomic E-state index is 0.162. The van der Waals surface area contributed by atoms with Crippen molar-refractivity contribution in [3.05, 3.63) is 35.6 Å². The van der Waals surface area contributed by atoms with Crippen molar-refractivity contribution in [3.8, 4) is 0 Å². The maximum Gasteiger partial charge on any atom is 0.128 e. The van der Waals surface area contributed by atoms with Crippen LogP contribution in [0.15, 0.2) is 24.3 Å². The number of benzene rings is 1. The molecule has 1 saturated carbocycles. The van der Waals surface area contributed by atoms with Gasteiger partial charge in [-0.2, -0.15) is 5.48 Å². The Morgan fingerprint density at radius 3 is 3.00 bits per heavy atom. The Labute approximate surface area is 106 Å². The van der Waals surface area contributed by atoms with E-state index in [-0.39, 0.29) is 11.9 Å². The lowest BCUT2D eigenvalue weighted by Gasteiger charge is -2.41. The summed E-state index contributed by atoms with van der Waals surface area (Å²) in [5.41, 5.74) is 3.35. The Morgan fingerprint density at radius 2 is 2.22 bits per heavy atom. The molecule has 3 rings (SSSR count). The molecule has 1 aromatic carbocycles. The van der Waals surface area contributed by atoms with Crippen LogP contribution in [0.1, 0.15) is 24.8 Å². The predicted octanol–water partition coefficient (Wildman–Crippen LogP) is 2.37. The SMILES string of the molecule is CO[C@H]1CC[C@H]2CON[C@@]2(c2ccccc2F)C1. The molecule has 2 fully saturated rings. The third kappa shape index (κ3) is 1.76. The minimum atomic E-state index is -0.426. The van der Waals surface area contributed by atoms with E-state index in [2.05, 4.69) is 5.48 Å². The lowest BCUT2D eigenvalue weighted by molar-refractivity contribution is -0.00357. The first-order valence-electron chi connectivity index (χ1n) is 6.43. The molecule has 0 unspecified atom stereocenters. The molecule has 1 aliphatic carbocycles. The first kappa shape index (κ1) is 12.1. The molecule has 3 nitrogen and oxygen atoms in total. The Kier molecular flexibility index (Phi) is 3.09. The van der Waals surface area contributed by atoms with Gasteiger partial charge in [0.25, 0.3) is 0 Å². The molecule has 4 heteroatoms. The Morgan fingerprint density at radius 1 is 1.39 bits per heavy atom. The van der Waals surface area contributed by atoms with Crippen LogP contribution in [0.2, 0.25) is 0 Å². The fraction of sp³-hybridized carbons (Fsp3) is 0.571. The summed E-state index contributed by atoms with van der Waals surface area (Å²) >= 11 is 0. The molecule has 1 aromatic rings. The van der Waals surface area contributed by atoms with Crippen molar-refractivity contribution in [1.82, 2.24) is 5.48 Å². The van der Waals surface area contributed by atoms with Crippen molar-refractivity contribution in [2.75, 3.05) is 13.7 Å². The van der Waals surface area contributed by atoms with Crippen LogP contribution in [0.4, 0.5) is 4.39 Å². The second-order valence-electron chi connectivity index (χ2n) is 5.20. The van der Waals surface area contributed by atoms with Gasteiger partial charge in [0.15, 0.2) is 0 Å². The molecule has 1 N–H and O–H groups in total. The van der Waals surface area contributed by atoms with Crippen molar-refractivity contribution < 1.29 is 14.0 Å². The molecule has 98 valence electrons. The van der Waals surface area contributed by atoms with Gasteiger partial charge in [-0.1, -0.05) is 18.2 Å². The van der Waals surface area contributed by atoms with E-state index in [9.17, 15) is 4.39 Å². The van der Waals surface area contributed by atoms with E-state index in [4.69, 9.17) is 9.57 Å². The van der Waals surface area contributed by atoms with E-state index in [0.717, 1.165) is 19.3 Å². The lowest BCUT2D eigenvalue weighted by Crippen LogP contribution is -2.48. The Bertz CT molecular complexity index is 440. The third-order valence-electron chi connectivity index (χ3n) is 4.31. The number of methoxy groups -OCH3 is 1. The molecule has 0 aromatic heterocycles. The van der Waals surface area contributed by atoms with E-state index in [0.29, 0.717) is 18.1 Å². The first-order chi connectivity index (χ1) is 8.76. The second-order valence-corrected chi connectivity index (χ2v) is 5.20. The molecular formula is C14H18FNO2. The van der Waals surface area contributed by atoms with Gasteiger partial charge in [-0.15, -0.1) is 0 Å². The summed E-state index contributed by atoms with van der Waals surface area (Å²) in [6.45, 7) is 0.644. The van der Waals surface area contributed by atoms with Gasteiger partial charge >= 0.3 is 0 Å². The molecule has 2 aliphatic rings. The number of hydrogen-bond donors (Lipinski definition) is 1. The summed E-state index contributed by atoms with van der Waals surface area (Å²) in [6.07, 6.45) is 2.94. The molecule has 1 heterocycles. The predicted molar refractivity (Wildman–Crippen MR) is 65.3 cm³/mol. The minimum Gasteiger partial charge on any atom is -0.381 e. The number of ether oxygens (including phenoxy) is 1. The fourth-order valence-corrected chi connectivity index (χ4v) is 3.29. The molecular weight excluding hydrogens is 233 g/mol. The highest BCUT2D eigenvalue weighted by Gasteiger charge is 2.50. The van der Waals surface area contributed by atoms with Crippen LogP contribution < -0.4 is 5.48 Å². The van der Waals surface area contributed by atoms with Gasteiger partial charge in [0.05, 0.1) is 18.2 Å². The molecule has 0 amide bonds. The average Bonchev–Trinajstić information content (AvgIpc) is 2.82. The van der Waals surface area contributed by atoms with Crippen molar-refractivity contribution in [2.24, 2.45) is 5.92 Å². The highest BCUT2D eigenvalue weighted by atomic mass is 19.1. The molecule has 0 spiro atoms. The standard InChI is InChI=1S/C14H18FNO2/c1-17-11-7-6-10-9-18-16-14(10,8-11)12-4-2-3-5-13(12)15/h2-5,10-11,16H,6-9H2,1H3/t10-,11-,14-/m0/s1. The Hall–Kier alpha value is -0.970. The van der Waals surface area contributed by atoms with Crippen LogP contribution in [-0.2, 0) is 15.1 Å². The topological polar surface area (TPSA) is 30.5 Å². The fourth-order valence-electron chi connectivity index (χ4n) is 3.29. The molecule has 18 heavy (non-hydrogen) atoms. The van der Waals surface area contributed by atoms with E-state index in [1.807, 2.05) is 12.1 Å². The van der Waals surface area contributed by atoms with Gasteiger partial charge in [0.1, 0.15) is 5.82 Å². The number of nitrogens with one attached hydrogen (secondary N) is 1. The summed E-state index contributed by atoms with van der Waals surface area (Å²) in [7, 11) is 1.72. The number of hydrogen-bond acceptors (Lipinski definition) is 3. The van der Waals surface area contributed by atoms with Gasteiger partial charge in [0, 0.05) is 18.6 Å². The van der Waals surface area contributed by atoms with Gasteiger partial charge < -0.3 is 9.57 Å².